The summed E-state index contributed by atoms with van der Waals surface area (Å²) in [5.74, 6) is -2.70. The third-order valence-corrected chi connectivity index (χ3v) is 5.55. The number of hydrogen-bond acceptors (Lipinski definition) is 11. The van der Waals surface area contributed by atoms with Crippen LogP contribution in [0, 0.1) is 0 Å². The number of hydrogen-bond donors (Lipinski definition) is 8. The number of aliphatic carboxylic acids is 1. The molecule has 7 atom stereocenters. The molecule has 178 valence electrons. The van der Waals surface area contributed by atoms with Crippen molar-refractivity contribution in [2.45, 2.75) is 49.3 Å². The van der Waals surface area contributed by atoms with Gasteiger partial charge in [-0.3, -0.25) is 0 Å². The first-order valence-electron chi connectivity index (χ1n) is 9.88. The maximum absolute atomic E-state index is 11.3. The van der Waals surface area contributed by atoms with E-state index in [1.807, 2.05) is 0 Å². The van der Waals surface area contributed by atoms with Crippen molar-refractivity contribution in [3.8, 4) is 28.7 Å². The molecule has 0 radical (unpaired) electrons. The molecule has 0 unspecified atom stereocenters. The monoisotopic (exact) mass is 466 g/mol. The van der Waals surface area contributed by atoms with Crippen LogP contribution in [-0.4, -0.2) is 83.6 Å². The zero-order valence-electron chi connectivity index (χ0n) is 16.8. The van der Waals surface area contributed by atoms with Gasteiger partial charge in [-0.05, 0) is 17.7 Å². The maximum Gasteiger partial charge on any atom is 0.335 e. The zero-order chi connectivity index (χ0) is 24.0. The van der Waals surface area contributed by atoms with Gasteiger partial charge in [0, 0.05) is 24.1 Å². The minimum atomic E-state index is -1.90. The van der Waals surface area contributed by atoms with Gasteiger partial charge in [-0.25, -0.2) is 4.79 Å². The lowest BCUT2D eigenvalue weighted by atomic mass is 9.93. The minimum absolute atomic E-state index is 0.0758. The third-order valence-electron chi connectivity index (χ3n) is 5.55. The van der Waals surface area contributed by atoms with Gasteiger partial charge in [-0.1, -0.05) is 6.07 Å². The fourth-order valence-electron chi connectivity index (χ4n) is 3.83. The van der Waals surface area contributed by atoms with E-state index in [0.29, 0.717) is 5.56 Å². The fraction of sp³-hybridized carbons (Fsp3) is 0.381. The van der Waals surface area contributed by atoms with Crippen LogP contribution in [0.15, 0.2) is 30.3 Å². The molecule has 12 nitrogen and oxygen atoms in total. The first-order chi connectivity index (χ1) is 15.6. The number of phenols is 3. The number of ether oxygens (including phenoxy) is 3. The second-order valence-electron chi connectivity index (χ2n) is 7.83. The normalized spacial score (nSPS) is 31.3. The highest BCUT2D eigenvalue weighted by atomic mass is 16.7. The molecular weight excluding hydrogens is 444 g/mol. The first kappa shape index (κ1) is 22.9. The minimum Gasteiger partial charge on any atom is -0.508 e. The second kappa shape index (κ2) is 8.57. The molecule has 0 aromatic heterocycles. The van der Waals surface area contributed by atoms with Gasteiger partial charge in [0.1, 0.15) is 41.7 Å². The Morgan fingerprint density at radius 3 is 2.33 bits per heavy atom. The summed E-state index contributed by atoms with van der Waals surface area (Å²) in [6.45, 7) is 0. The average Bonchev–Trinajstić information content (AvgIpc) is 2.75. The van der Waals surface area contributed by atoms with E-state index in [4.69, 9.17) is 14.2 Å². The highest BCUT2D eigenvalue weighted by molar-refractivity contribution is 5.73. The molecule has 0 spiro atoms. The summed E-state index contributed by atoms with van der Waals surface area (Å²) in [6.07, 6.45) is -11.4. The molecule has 2 aliphatic heterocycles. The molecule has 0 bridgehead atoms. The van der Waals surface area contributed by atoms with Gasteiger partial charge in [0.2, 0.25) is 6.29 Å². The Labute approximate surface area is 186 Å². The van der Waals surface area contributed by atoms with E-state index in [9.17, 15) is 45.6 Å². The van der Waals surface area contributed by atoms with Crippen molar-refractivity contribution in [1.82, 2.24) is 0 Å². The van der Waals surface area contributed by atoms with Crippen molar-refractivity contribution in [2.24, 2.45) is 0 Å². The molecule has 2 aromatic rings. The first-order valence-corrected chi connectivity index (χ1v) is 9.88. The number of aromatic hydroxyl groups is 3. The Kier molecular flexibility index (Phi) is 5.95. The van der Waals surface area contributed by atoms with E-state index < -0.39 is 54.6 Å². The number of rotatable bonds is 4. The molecular formula is C21H22O12. The van der Waals surface area contributed by atoms with E-state index in [0.717, 1.165) is 6.07 Å². The van der Waals surface area contributed by atoms with Crippen LogP contribution >= 0.6 is 0 Å². The van der Waals surface area contributed by atoms with Crippen LogP contribution in [0.5, 0.6) is 28.7 Å². The Hall–Kier alpha value is -3.29. The van der Waals surface area contributed by atoms with Gasteiger partial charge < -0.3 is 55.1 Å². The van der Waals surface area contributed by atoms with E-state index in [-0.39, 0.29) is 35.0 Å². The standard InChI is InChI=1S/C21H22O12/c22-8-4-13-9(6-12(25)18(31-13)7-1-2-10(23)11(24)3-7)14(5-8)32-21-17(28)15(26)16(27)19(33-21)20(29)30/h1-5,12,15-19,21-28H,6H2,(H,29,30)/t12-,15-,16-,17+,18+,19-,21+/m0/s1. The Morgan fingerprint density at radius 2 is 1.67 bits per heavy atom. The smallest absolute Gasteiger partial charge is 0.335 e. The lowest BCUT2D eigenvalue weighted by molar-refractivity contribution is -0.271. The number of carboxylic acid groups (broad SMARTS) is 1. The number of fused-ring (bicyclic) bond motifs is 1. The number of carboxylic acids is 1. The summed E-state index contributed by atoms with van der Waals surface area (Å²) in [5, 5.41) is 79.2. The summed E-state index contributed by atoms with van der Waals surface area (Å²) in [7, 11) is 0. The van der Waals surface area contributed by atoms with Gasteiger partial charge in [-0.2, -0.15) is 0 Å². The molecule has 8 N–H and O–H groups in total. The van der Waals surface area contributed by atoms with E-state index >= 15 is 0 Å². The molecule has 2 aliphatic rings. The lowest BCUT2D eigenvalue weighted by Gasteiger charge is -2.39. The van der Waals surface area contributed by atoms with Crippen molar-refractivity contribution < 1.29 is 59.9 Å². The van der Waals surface area contributed by atoms with Crippen molar-refractivity contribution in [3.05, 3.63) is 41.5 Å². The highest BCUT2D eigenvalue weighted by Gasteiger charge is 2.48. The summed E-state index contributed by atoms with van der Waals surface area (Å²) in [6, 6.07) is 6.27. The van der Waals surface area contributed by atoms with Crippen LogP contribution in [0.3, 0.4) is 0 Å². The van der Waals surface area contributed by atoms with E-state index in [1.54, 1.807) is 0 Å². The molecule has 4 rings (SSSR count). The predicted octanol–water partition coefficient (Wildman–Crippen LogP) is -0.889. The molecule has 0 saturated carbocycles. The van der Waals surface area contributed by atoms with Crippen LogP contribution in [0.25, 0.3) is 0 Å². The fourth-order valence-corrected chi connectivity index (χ4v) is 3.83. The summed E-state index contributed by atoms with van der Waals surface area (Å²) >= 11 is 0. The van der Waals surface area contributed by atoms with Gasteiger partial charge in [0.15, 0.2) is 17.6 Å². The molecule has 2 heterocycles. The van der Waals surface area contributed by atoms with Crippen molar-refractivity contribution in [3.63, 3.8) is 0 Å². The zero-order valence-corrected chi connectivity index (χ0v) is 16.8. The Bertz CT molecular complexity index is 1060. The molecule has 0 amide bonds. The Morgan fingerprint density at radius 1 is 0.939 bits per heavy atom. The molecule has 1 saturated heterocycles. The molecule has 2 aromatic carbocycles. The van der Waals surface area contributed by atoms with Gasteiger partial charge in [-0.15, -0.1) is 0 Å². The number of aliphatic hydroxyl groups is 4. The summed E-state index contributed by atoms with van der Waals surface area (Å²) < 4.78 is 16.4. The topological polar surface area (TPSA) is 207 Å². The highest BCUT2D eigenvalue weighted by Crippen LogP contribution is 2.44. The van der Waals surface area contributed by atoms with Gasteiger partial charge >= 0.3 is 5.97 Å². The quantitative estimate of drug-likeness (QED) is 0.258. The SMILES string of the molecule is O=C(O)[C@H]1O[C@@H](Oc2cc(O)cc3c2C[C@H](O)[C@@H](c2ccc(O)c(O)c2)O3)[C@H](O)[C@@H](O)[C@@H]1O. The molecule has 12 heteroatoms. The number of phenolic OH excluding ortho intramolecular Hbond substituents is 3. The van der Waals surface area contributed by atoms with E-state index in [2.05, 4.69) is 0 Å². The average molecular weight is 466 g/mol. The van der Waals surface area contributed by atoms with Crippen molar-refractivity contribution in [2.75, 3.05) is 0 Å². The van der Waals surface area contributed by atoms with Crippen LogP contribution < -0.4 is 9.47 Å². The summed E-state index contributed by atoms with van der Waals surface area (Å²) in [4.78, 5) is 11.3. The third kappa shape index (κ3) is 4.21. The maximum atomic E-state index is 11.3. The number of aliphatic hydroxyl groups excluding tert-OH is 4. The molecule has 1 fully saturated rings. The van der Waals surface area contributed by atoms with Gasteiger partial charge in [0.05, 0.1) is 6.10 Å². The van der Waals surface area contributed by atoms with Crippen LogP contribution in [0.2, 0.25) is 0 Å². The lowest BCUT2D eigenvalue weighted by Crippen LogP contribution is -2.61. The number of carbonyl (C=O) groups is 1. The predicted molar refractivity (Wildman–Crippen MR) is 106 cm³/mol. The molecule has 33 heavy (non-hydrogen) atoms. The van der Waals surface area contributed by atoms with Crippen molar-refractivity contribution >= 4 is 5.97 Å². The number of benzene rings is 2. The molecule has 0 aliphatic carbocycles. The van der Waals surface area contributed by atoms with Crippen LogP contribution in [0.4, 0.5) is 0 Å². The van der Waals surface area contributed by atoms with E-state index in [1.165, 1.54) is 24.3 Å². The Balaban J connectivity index is 1.63. The largest absolute Gasteiger partial charge is 0.508 e. The van der Waals surface area contributed by atoms with Gasteiger partial charge in [0.25, 0.3) is 0 Å². The van der Waals surface area contributed by atoms with Crippen LogP contribution in [-0.2, 0) is 16.0 Å². The summed E-state index contributed by atoms with van der Waals surface area (Å²) in [5.41, 5.74) is 0.601. The van der Waals surface area contributed by atoms with Crippen molar-refractivity contribution in [1.29, 1.82) is 0 Å². The second-order valence-corrected chi connectivity index (χ2v) is 7.83. The van der Waals surface area contributed by atoms with Crippen LogP contribution in [0.1, 0.15) is 17.2 Å².